The Morgan fingerprint density at radius 2 is 1.97 bits per heavy atom. The molecule has 0 bridgehead atoms. The molecule has 6 heteroatoms. The second-order valence-corrected chi connectivity index (χ2v) is 9.01. The number of methoxy groups -OCH3 is 1. The van der Waals surface area contributed by atoms with E-state index >= 15 is 0 Å². The average molecular weight is 426 g/mol. The third-order valence-corrected chi connectivity index (χ3v) is 6.68. The van der Waals surface area contributed by atoms with Gasteiger partial charge in [-0.25, -0.2) is 9.18 Å². The van der Waals surface area contributed by atoms with E-state index in [2.05, 4.69) is 15.5 Å². The standard InChI is InChI=1S/C25H32FN3O2/c1-18-6-11-22(23(15-18)31-2)27-24(30)28-25(12-4-13-25)17-29-14-3-5-21(29)16-19-7-9-20(26)10-8-19/h6-11,15,21H,3-5,12-14,16-17H2,1-2H3,(H2,27,28,30). The lowest BCUT2D eigenvalue weighted by molar-refractivity contribution is 0.109. The number of ether oxygens (including phenoxy) is 1. The van der Waals surface area contributed by atoms with Gasteiger partial charge in [0.05, 0.1) is 18.3 Å². The molecule has 0 spiro atoms. The van der Waals surface area contributed by atoms with Crippen molar-refractivity contribution in [2.75, 3.05) is 25.5 Å². The second-order valence-electron chi connectivity index (χ2n) is 9.01. The van der Waals surface area contributed by atoms with Crippen molar-refractivity contribution in [3.63, 3.8) is 0 Å². The summed E-state index contributed by atoms with van der Waals surface area (Å²) >= 11 is 0. The first-order chi connectivity index (χ1) is 15.0. The minimum absolute atomic E-state index is 0.184. The molecule has 2 aromatic rings. The lowest BCUT2D eigenvalue weighted by atomic mass is 9.76. The summed E-state index contributed by atoms with van der Waals surface area (Å²) in [6.07, 6.45) is 6.33. The van der Waals surface area contributed by atoms with E-state index in [0.717, 1.165) is 62.7 Å². The van der Waals surface area contributed by atoms with Gasteiger partial charge < -0.3 is 15.4 Å². The fraction of sp³-hybridized carbons (Fsp3) is 0.480. The zero-order valence-electron chi connectivity index (χ0n) is 18.4. The second kappa shape index (κ2) is 9.27. The van der Waals surface area contributed by atoms with Gasteiger partial charge in [0.15, 0.2) is 0 Å². The van der Waals surface area contributed by atoms with Crippen molar-refractivity contribution in [3.8, 4) is 5.75 Å². The van der Waals surface area contributed by atoms with E-state index < -0.39 is 0 Å². The summed E-state index contributed by atoms with van der Waals surface area (Å²) in [4.78, 5) is 15.3. The quantitative estimate of drug-likeness (QED) is 0.664. The Hall–Kier alpha value is -2.60. The maximum atomic E-state index is 13.2. The van der Waals surface area contributed by atoms with Gasteiger partial charge in [-0.3, -0.25) is 4.90 Å². The number of nitrogens with one attached hydrogen (secondary N) is 2. The molecular weight excluding hydrogens is 393 g/mol. The van der Waals surface area contributed by atoms with Crippen LogP contribution in [0.25, 0.3) is 0 Å². The minimum Gasteiger partial charge on any atom is -0.495 e. The fourth-order valence-electron chi connectivity index (χ4n) is 4.84. The number of aryl methyl sites for hydroxylation is 1. The molecule has 1 unspecified atom stereocenters. The molecule has 1 atom stereocenters. The molecule has 166 valence electrons. The number of rotatable bonds is 7. The molecule has 1 heterocycles. The molecule has 2 aromatic carbocycles. The molecule has 0 radical (unpaired) electrons. The SMILES string of the molecule is COc1cc(C)ccc1NC(=O)NC1(CN2CCCC2Cc2ccc(F)cc2)CCC1. The lowest BCUT2D eigenvalue weighted by Gasteiger charge is -2.46. The molecule has 5 nitrogen and oxygen atoms in total. The van der Waals surface area contributed by atoms with Crippen LogP contribution in [-0.2, 0) is 6.42 Å². The van der Waals surface area contributed by atoms with Crippen molar-refractivity contribution < 1.29 is 13.9 Å². The van der Waals surface area contributed by atoms with Gasteiger partial charge in [0.1, 0.15) is 11.6 Å². The van der Waals surface area contributed by atoms with E-state index in [4.69, 9.17) is 4.74 Å². The molecule has 1 saturated heterocycles. The number of carbonyl (C=O) groups is 1. The van der Waals surface area contributed by atoms with Crippen LogP contribution in [-0.4, -0.2) is 42.7 Å². The number of halogens is 1. The summed E-state index contributed by atoms with van der Waals surface area (Å²) in [5.74, 6) is 0.470. The van der Waals surface area contributed by atoms with Crippen molar-refractivity contribution in [2.24, 2.45) is 0 Å². The molecule has 2 N–H and O–H groups in total. The Labute approximate surface area is 184 Å². The van der Waals surface area contributed by atoms with Gasteiger partial charge in [-0.2, -0.15) is 0 Å². The number of nitrogens with zero attached hydrogens (tertiary/aromatic N) is 1. The Morgan fingerprint density at radius 1 is 1.19 bits per heavy atom. The first-order valence-corrected chi connectivity index (χ1v) is 11.2. The molecule has 1 saturated carbocycles. The van der Waals surface area contributed by atoms with Crippen LogP contribution < -0.4 is 15.4 Å². The Bertz CT molecular complexity index is 911. The molecule has 0 aromatic heterocycles. The monoisotopic (exact) mass is 425 g/mol. The van der Waals surface area contributed by atoms with Gasteiger partial charge in [-0.05, 0) is 87.4 Å². The third-order valence-electron chi connectivity index (χ3n) is 6.68. The Kier molecular flexibility index (Phi) is 6.46. The van der Waals surface area contributed by atoms with Crippen LogP contribution >= 0.6 is 0 Å². The van der Waals surface area contributed by atoms with Crippen molar-refractivity contribution in [1.82, 2.24) is 10.2 Å². The first kappa shape index (κ1) is 21.6. The van der Waals surface area contributed by atoms with Gasteiger partial charge >= 0.3 is 6.03 Å². The van der Waals surface area contributed by atoms with Crippen molar-refractivity contribution in [1.29, 1.82) is 0 Å². The van der Waals surface area contributed by atoms with E-state index in [0.29, 0.717) is 17.5 Å². The minimum atomic E-state index is -0.194. The molecule has 4 rings (SSSR count). The lowest BCUT2D eigenvalue weighted by Crippen LogP contribution is -2.61. The summed E-state index contributed by atoms with van der Waals surface area (Å²) in [5.41, 5.74) is 2.74. The Morgan fingerprint density at radius 3 is 2.65 bits per heavy atom. The van der Waals surface area contributed by atoms with Crippen LogP contribution in [0.15, 0.2) is 42.5 Å². The maximum Gasteiger partial charge on any atom is 0.319 e. The average Bonchev–Trinajstić information content (AvgIpc) is 3.15. The highest BCUT2D eigenvalue weighted by Gasteiger charge is 2.42. The summed E-state index contributed by atoms with van der Waals surface area (Å²) < 4.78 is 18.6. The number of urea groups is 1. The van der Waals surface area contributed by atoms with Gasteiger partial charge in [0.25, 0.3) is 0 Å². The smallest absolute Gasteiger partial charge is 0.319 e. The topological polar surface area (TPSA) is 53.6 Å². The number of carbonyl (C=O) groups excluding carboxylic acids is 1. The van der Waals surface area contributed by atoms with Gasteiger partial charge in [-0.1, -0.05) is 18.2 Å². The molecule has 2 fully saturated rings. The van der Waals surface area contributed by atoms with E-state index in [9.17, 15) is 9.18 Å². The highest BCUT2D eigenvalue weighted by Crippen LogP contribution is 2.35. The number of amides is 2. The van der Waals surface area contributed by atoms with Crippen molar-refractivity contribution in [2.45, 2.75) is 57.0 Å². The highest BCUT2D eigenvalue weighted by atomic mass is 19.1. The molecule has 2 aliphatic rings. The largest absolute Gasteiger partial charge is 0.495 e. The van der Waals surface area contributed by atoms with Crippen LogP contribution in [0.3, 0.4) is 0 Å². The molecule has 1 aliphatic heterocycles. The van der Waals surface area contributed by atoms with Crippen molar-refractivity contribution in [3.05, 3.63) is 59.4 Å². The number of likely N-dealkylation sites (tertiary alicyclic amines) is 1. The number of hydrogen-bond donors (Lipinski definition) is 2. The van der Waals surface area contributed by atoms with E-state index in [-0.39, 0.29) is 17.4 Å². The summed E-state index contributed by atoms with van der Waals surface area (Å²) in [5, 5.41) is 6.23. The molecule has 2 amide bonds. The van der Waals surface area contributed by atoms with E-state index in [1.54, 1.807) is 7.11 Å². The maximum absolute atomic E-state index is 13.2. The Balaban J connectivity index is 1.38. The normalized spacial score (nSPS) is 20.2. The highest BCUT2D eigenvalue weighted by molar-refractivity contribution is 5.91. The van der Waals surface area contributed by atoms with Crippen LogP contribution in [0.5, 0.6) is 5.75 Å². The zero-order chi connectivity index (χ0) is 21.8. The van der Waals surface area contributed by atoms with Gasteiger partial charge in [0.2, 0.25) is 0 Å². The van der Waals surface area contributed by atoms with Crippen LogP contribution in [0, 0.1) is 12.7 Å². The summed E-state index contributed by atoms with van der Waals surface area (Å²) in [6.45, 7) is 3.90. The first-order valence-electron chi connectivity index (χ1n) is 11.2. The van der Waals surface area contributed by atoms with E-state index in [1.165, 1.54) is 12.1 Å². The van der Waals surface area contributed by atoms with Crippen LogP contribution in [0.2, 0.25) is 0 Å². The van der Waals surface area contributed by atoms with Gasteiger partial charge in [0, 0.05) is 12.6 Å². The molecular formula is C25H32FN3O2. The predicted molar refractivity (Wildman–Crippen MR) is 121 cm³/mol. The van der Waals surface area contributed by atoms with Gasteiger partial charge in [-0.15, -0.1) is 0 Å². The molecule has 31 heavy (non-hydrogen) atoms. The summed E-state index contributed by atoms with van der Waals surface area (Å²) in [6, 6.07) is 12.8. The molecule has 1 aliphatic carbocycles. The number of anilines is 1. The van der Waals surface area contributed by atoms with E-state index in [1.807, 2.05) is 37.3 Å². The predicted octanol–water partition coefficient (Wildman–Crippen LogP) is 4.89. The van der Waals surface area contributed by atoms with Crippen LogP contribution in [0.1, 0.15) is 43.2 Å². The third kappa shape index (κ3) is 5.18. The van der Waals surface area contributed by atoms with Crippen LogP contribution in [0.4, 0.5) is 14.9 Å². The zero-order valence-corrected chi connectivity index (χ0v) is 18.4. The summed E-state index contributed by atoms with van der Waals surface area (Å²) in [7, 11) is 1.61. The number of hydrogen-bond acceptors (Lipinski definition) is 3. The van der Waals surface area contributed by atoms with Crippen molar-refractivity contribution >= 4 is 11.7 Å². The fourth-order valence-corrected chi connectivity index (χ4v) is 4.84. The number of benzene rings is 2.